The van der Waals surface area contributed by atoms with E-state index in [-0.39, 0.29) is 23.7 Å². The molecule has 2 bridgehead atoms. The summed E-state index contributed by atoms with van der Waals surface area (Å²) >= 11 is 0. The molecule has 2 saturated heterocycles. The molecule has 0 aromatic heterocycles. The van der Waals surface area contributed by atoms with E-state index in [0.717, 1.165) is 24.1 Å². The minimum Gasteiger partial charge on any atom is -0.504 e. The Balaban J connectivity index is 1.75. The van der Waals surface area contributed by atoms with Gasteiger partial charge in [0.1, 0.15) is 12.2 Å². The first-order valence-corrected chi connectivity index (χ1v) is 11.8. The number of aromatic hydroxyl groups is 1. The fourth-order valence-corrected chi connectivity index (χ4v) is 7.41. The molecule has 0 amide bonds. The van der Waals surface area contributed by atoms with Crippen molar-refractivity contribution in [2.24, 2.45) is 5.92 Å². The van der Waals surface area contributed by atoms with Crippen LogP contribution in [0.2, 0.25) is 0 Å². The van der Waals surface area contributed by atoms with Crippen molar-refractivity contribution in [1.29, 1.82) is 0 Å². The molecule has 33 heavy (non-hydrogen) atoms. The van der Waals surface area contributed by atoms with Crippen LogP contribution in [0.15, 0.2) is 12.1 Å². The van der Waals surface area contributed by atoms with Crippen LogP contribution in [0.3, 0.4) is 0 Å². The van der Waals surface area contributed by atoms with E-state index in [9.17, 15) is 9.90 Å². The number of likely N-dealkylation sites (N-methyl/N-ethyl adjacent to an activating group) is 1. The van der Waals surface area contributed by atoms with Gasteiger partial charge in [-0.15, -0.1) is 0 Å². The fraction of sp³-hybridized carbons (Fsp3) is 0.720. The molecule has 7 atom stereocenters. The van der Waals surface area contributed by atoms with Gasteiger partial charge in [0.05, 0.1) is 24.7 Å². The Morgan fingerprint density at radius 2 is 2.06 bits per heavy atom. The van der Waals surface area contributed by atoms with Gasteiger partial charge in [-0.3, -0.25) is 9.69 Å². The third-order valence-electron chi connectivity index (χ3n) is 9.01. The van der Waals surface area contributed by atoms with Crippen LogP contribution in [-0.2, 0) is 29.2 Å². The van der Waals surface area contributed by atoms with E-state index >= 15 is 0 Å². The smallest absolute Gasteiger partial charge is 0.309 e. The lowest BCUT2D eigenvalue weighted by molar-refractivity contribution is -0.340. The minimum atomic E-state index is -1.17. The molecule has 8 heteroatoms. The summed E-state index contributed by atoms with van der Waals surface area (Å²) in [6.45, 7) is 4.63. The van der Waals surface area contributed by atoms with Crippen molar-refractivity contribution >= 4 is 5.97 Å². The number of ether oxygens (including phenoxy) is 5. The predicted molar refractivity (Wildman–Crippen MR) is 119 cm³/mol. The van der Waals surface area contributed by atoms with Gasteiger partial charge in [0, 0.05) is 31.6 Å². The highest BCUT2D eigenvalue weighted by Gasteiger charge is 2.83. The van der Waals surface area contributed by atoms with Crippen LogP contribution in [0.5, 0.6) is 11.5 Å². The Bertz CT molecular complexity index is 968. The highest BCUT2D eigenvalue weighted by atomic mass is 16.7. The van der Waals surface area contributed by atoms with Crippen LogP contribution in [0.1, 0.15) is 56.8 Å². The van der Waals surface area contributed by atoms with Gasteiger partial charge in [0.25, 0.3) is 0 Å². The van der Waals surface area contributed by atoms with Gasteiger partial charge in [-0.05, 0) is 44.5 Å². The van der Waals surface area contributed by atoms with Crippen molar-refractivity contribution in [2.75, 3.05) is 34.9 Å². The average molecular weight is 462 g/mol. The van der Waals surface area contributed by atoms with E-state index in [0.29, 0.717) is 25.0 Å². The molecular weight excluding hydrogens is 426 g/mol. The van der Waals surface area contributed by atoms with Gasteiger partial charge < -0.3 is 28.8 Å². The minimum absolute atomic E-state index is 0.137. The topological polar surface area (TPSA) is 86.7 Å². The van der Waals surface area contributed by atoms with E-state index in [1.807, 2.05) is 19.9 Å². The summed E-state index contributed by atoms with van der Waals surface area (Å²) in [6.07, 6.45) is 1.18. The molecule has 0 radical (unpaired) electrons. The van der Waals surface area contributed by atoms with Crippen LogP contribution >= 0.6 is 0 Å². The molecule has 2 heterocycles. The van der Waals surface area contributed by atoms with Gasteiger partial charge in [0.2, 0.25) is 5.79 Å². The van der Waals surface area contributed by atoms with Crippen LogP contribution in [0, 0.1) is 5.92 Å². The van der Waals surface area contributed by atoms with Crippen molar-refractivity contribution in [1.82, 2.24) is 4.90 Å². The van der Waals surface area contributed by atoms with Crippen LogP contribution in [0.4, 0.5) is 0 Å². The summed E-state index contributed by atoms with van der Waals surface area (Å²) in [5, 5.41) is 11.4. The monoisotopic (exact) mass is 461 g/mol. The SMILES string of the molecule is CC[C@H](C)C(=O)O[C@H]1C[C@]23CCN(C)[C@@]24C[C@H](O[C@@]4(OC)[C@@H]1OC)c1ccc(OC)c(O)c13. The number of phenolic OH excluding ortho intramolecular Hbond substituents is 1. The second-order valence-corrected chi connectivity index (χ2v) is 10.0. The van der Waals surface area contributed by atoms with Crippen molar-refractivity contribution in [3.63, 3.8) is 0 Å². The summed E-state index contributed by atoms with van der Waals surface area (Å²) in [5.41, 5.74) is 0.632. The number of carbonyl (C=O) groups excluding carboxylic acids is 1. The standard InChI is InChI=1S/C25H35NO7/c1-7-14(2)22(28)32-18-12-23-10-11-26(3)24(23)13-17(33-25(24,31-6)21(18)30-5)15-8-9-16(29-4)20(27)19(15)23/h8-9,14,17-18,21,27H,7,10-13H2,1-6H3/t14-,17-,18-,21+,23-,24-,25-/m0/s1. The van der Waals surface area contributed by atoms with E-state index in [4.69, 9.17) is 23.7 Å². The number of nitrogens with zero attached hydrogens (tertiary/aromatic N) is 1. The zero-order chi connectivity index (χ0) is 23.8. The zero-order valence-corrected chi connectivity index (χ0v) is 20.3. The summed E-state index contributed by atoms with van der Waals surface area (Å²) in [4.78, 5) is 15.2. The molecule has 2 aliphatic carbocycles. The van der Waals surface area contributed by atoms with E-state index < -0.39 is 28.9 Å². The molecule has 1 saturated carbocycles. The first kappa shape index (κ1) is 22.9. The van der Waals surface area contributed by atoms with E-state index in [1.54, 1.807) is 27.4 Å². The largest absolute Gasteiger partial charge is 0.504 e. The molecule has 4 aliphatic rings. The lowest BCUT2D eigenvalue weighted by atomic mass is 9.50. The Morgan fingerprint density at radius 1 is 1.30 bits per heavy atom. The summed E-state index contributed by atoms with van der Waals surface area (Å²) in [7, 11) is 6.90. The molecule has 182 valence electrons. The molecule has 1 N–H and O–H groups in total. The quantitative estimate of drug-likeness (QED) is 0.648. The summed E-state index contributed by atoms with van der Waals surface area (Å²) in [6, 6.07) is 3.78. The number of esters is 1. The molecule has 0 unspecified atom stereocenters. The van der Waals surface area contributed by atoms with Crippen LogP contribution < -0.4 is 4.74 Å². The lowest BCUT2D eigenvalue weighted by Gasteiger charge is -2.61. The molecule has 5 rings (SSSR count). The maximum Gasteiger partial charge on any atom is 0.309 e. The van der Waals surface area contributed by atoms with Crippen molar-refractivity contribution in [3.8, 4) is 11.5 Å². The second kappa shape index (κ2) is 7.57. The Hall–Kier alpha value is -1.87. The number of hydrogen-bond donors (Lipinski definition) is 1. The number of fused-ring (bicyclic) bond motifs is 3. The zero-order valence-electron chi connectivity index (χ0n) is 20.3. The summed E-state index contributed by atoms with van der Waals surface area (Å²) in [5.74, 6) is -1.08. The third kappa shape index (κ3) is 2.53. The van der Waals surface area contributed by atoms with Gasteiger partial charge in [-0.1, -0.05) is 19.9 Å². The normalized spacial score (nSPS) is 39.6. The van der Waals surface area contributed by atoms with Crippen molar-refractivity contribution in [2.45, 2.75) is 74.6 Å². The van der Waals surface area contributed by atoms with Gasteiger partial charge in [0.15, 0.2) is 11.5 Å². The molecule has 1 spiro atoms. The van der Waals surface area contributed by atoms with Gasteiger partial charge >= 0.3 is 5.97 Å². The van der Waals surface area contributed by atoms with Gasteiger partial charge in [-0.25, -0.2) is 0 Å². The number of carbonyl (C=O) groups is 1. The molecule has 8 nitrogen and oxygen atoms in total. The number of phenols is 1. The van der Waals surface area contributed by atoms with Crippen molar-refractivity contribution in [3.05, 3.63) is 23.3 Å². The molecular formula is C25H35NO7. The van der Waals surface area contributed by atoms with Crippen LogP contribution in [-0.4, -0.2) is 74.4 Å². The van der Waals surface area contributed by atoms with E-state index in [2.05, 4.69) is 11.9 Å². The molecule has 3 fully saturated rings. The highest BCUT2D eigenvalue weighted by molar-refractivity contribution is 5.72. The van der Waals surface area contributed by atoms with E-state index in [1.165, 1.54) is 0 Å². The Morgan fingerprint density at radius 3 is 2.70 bits per heavy atom. The van der Waals surface area contributed by atoms with Gasteiger partial charge in [-0.2, -0.15) is 0 Å². The number of benzene rings is 1. The second-order valence-electron chi connectivity index (χ2n) is 10.0. The third-order valence-corrected chi connectivity index (χ3v) is 9.01. The Labute approximate surface area is 195 Å². The first-order chi connectivity index (χ1) is 15.8. The Kier molecular flexibility index (Phi) is 5.25. The molecule has 2 aliphatic heterocycles. The predicted octanol–water partition coefficient (Wildman–Crippen LogP) is 2.91. The van der Waals surface area contributed by atoms with Crippen molar-refractivity contribution < 1.29 is 33.6 Å². The van der Waals surface area contributed by atoms with Crippen LogP contribution in [0.25, 0.3) is 0 Å². The summed E-state index contributed by atoms with van der Waals surface area (Å²) < 4.78 is 30.7. The lowest BCUT2D eigenvalue weighted by Crippen LogP contribution is -2.78. The maximum atomic E-state index is 12.9. The number of hydrogen-bond acceptors (Lipinski definition) is 8. The fourth-order valence-electron chi connectivity index (χ4n) is 7.41. The maximum absolute atomic E-state index is 12.9. The highest BCUT2D eigenvalue weighted by Crippen LogP contribution is 2.73. The first-order valence-electron chi connectivity index (χ1n) is 11.8. The number of rotatable bonds is 6. The number of methoxy groups -OCH3 is 3. The number of likely N-dealkylation sites (tertiary alicyclic amines) is 1. The average Bonchev–Trinajstić information content (AvgIpc) is 3.31. The molecule has 1 aromatic carbocycles. The molecule has 1 aromatic rings.